The van der Waals surface area contributed by atoms with Gasteiger partial charge in [0.25, 0.3) is 0 Å². The van der Waals surface area contributed by atoms with E-state index in [-0.39, 0.29) is 12.5 Å². The third kappa shape index (κ3) is 6.58. The summed E-state index contributed by atoms with van der Waals surface area (Å²) in [4.78, 5) is 10.9. The highest BCUT2D eigenvalue weighted by atomic mass is 19.4. The van der Waals surface area contributed by atoms with E-state index >= 15 is 0 Å². The van der Waals surface area contributed by atoms with Gasteiger partial charge in [-0.25, -0.2) is 0 Å². The molecule has 0 saturated heterocycles. The van der Waals surface area contributed by atoms with Crippen LogP contribution >= 0.6 is 0 Å². The molecule has 0 radical (unpaired) electrons. The molecule has 0 bridgehead atoms. The number of benzene rings is 3. The van der Waals surface area contributed by atoms with Gasteiger partial charge in [0.15, 0.2) is 5.76 Å². The van der Waals surface area contributed by atoms with Crippen molar-refractivity contribution in [3.8, 4) is 22.5 Å². The molecule has 0 aliphatic carbocycles. The van der Waals surface area contributed by atoms with Gasteiger partial charge in [0, 0.05) is 11.6 Å². The minimum Gasteiger partial charge on any atom is -0.481 e. The number of carboxylic acid groups (broad SMARTS) is 1. The Kier molecular flexibility index (Phi) is 7.66. The van der Waals surface area contributed by atoms with Crippen molar-refractivity contribution in [1.29, 1.82) is 0 Å². The van der Waals surface area contributed by atoms with Crippen molar-refractivity contribution in [2.75, 3.05) is 5.32 Å². The zero-order valence-corrected chi connectivity index (χ0v) is 20.5. The maximum atomic E-state index is 13.0. The van der Waals surface area contributed by atoms with Crippen molar-refractivity contribution in [3.63, 3.8) is 0 Å². The summed E-state index contributed by atoms with van der Waals surface area (Å²) in [5.74, 6) is -0.277. The molecule has 192 valence electrons. The van der Waals surface area contributed by atoms with Gasteiger partial charge in [-0.3, -0.25) is 4.79 Å². The van der Waals surface area contributed by atoms with Gasteiger partial charge in [-0.05, 0) is 55.0 Å². The van der Waals surface area contributed by atoms with E-state index in [1.54, 1.807) is 18.2 Å². The summed E-state index contributed by atoms with van der Waals surface area (Å²) >= 11 is 0. The van der Waals surface area contributed by atoms with E-state index in [1.807, 2.05) is 50.2 Å². The second-order valence-corrected chi connectivity index (χ2v) is 9.10. The average molecular weight is 509 g/mol. The molecule has 0 aliphatic rings. The molecule has 4 aromatic rings. The van der Waals surface area contributed by atoms with Crippen molar-refractivity contribution >= 4 is 11.7 Å². The van der Waals surface area contributed by atoms with E-state index in [2.05, 4.69) is 10.5 Å². The lowest BCUT2D eigenvalue weighted by Gasteiger charge is -2.16. The number of carbonyl (C=O) groups is 1. The van der Waals surface area contributed by atoms with Crippen LogP contribution in [0.3, 0.4) is 0 Å². The molecule has 0 spiro atoms. The monoisotopic (exact) mass is 508 g/mol. The average Bonchev–Trinajstić information content (AvgIpc) is 3.22. The molecule has 1 heterocycles. The number of carboxylic acids is 1. The standard InChI is InChI=1S/C29H27F3N2O3/c1-18(6-7-20-4-3-5-25(16-20)29(30,31)32)33-27-19(2)34-37-28(27)24-14-12-23(13-15-24)22-10-8-21(9-11-22)17-26(35)36/h3-5,8-16,18,33H,6-7,17H2,1-2H3,(H,35,36). The van der Waals surface area contributed by atoms with Gasteiger partial charge in [-0.1, -0.05) is 71.9 Å². The van der Waals surface area contributed by atoms with Crippen LogP contribution in [0.4, 0.5) is 18.9 Å². The predicted molar refractivity (Wildman–Crippen MR) is 136 cm³/mol. The first-order chi connectivity index (χ1) is 17.6. The molecule has 1 unspecified atom stereocenters. The first kappa shape index (κ1) is 26.0. The van der Waals surface area contributed by atoms with E-state index in [1.165, 1.54) is 12.1 Å². The van der Waals surface area contributed by atoms with Gasteiger partial charge in [0.1, 0.15) is 11.4 Å². The number of aryl methyl sites for hydroxylation is 2. The van der Waals surface area contributed by atoms with E-state index in [9.17, 15) is 18.0 Å². The van der Waals surface area contributed by atoms with Crippen LogP contribution < -0.4 is 5.32 Å². The Hall–Kier alpha value is -4.07. The van der Waals surface area contributed by atoms with E-state index in [0.717, 1.165) is 34.0 Å². The first-order valence-corrected chi connectivity index (χ1v) is 11.9. The summed E-state index contributed by atoms with van der Waals surface area (Å²) in [6.45, 7) is 3.81. The van der Waals surface area contributed by atoms with Crippen molar-refractivity contribution in [3.05, 3.63) is 95.2 Å². The van der Waals surface area contributed by atoms with Gasteiger partial charge >= 0.3 is 12.1 Å². The lowest BCUT2D eigenvalue weighted by Crippen LogP contribution is -2.17. The fourth-order valence-electron chi connectivity index (χ4n) is 4.15. The lowest BCUT2D eigenvalue weighted by atomic mass is 10.0. The van der Waals surface area contributed by atoms with Gasteiger partial charge in [-0.2, -0.15) is 13.2 Å². The Morgan fingerprint density at radius 3 is 2.22 bits per heavy atom. The lowest BCUT2D eigenvalue weighted by molar-refractivity contribution is -0.138. The topological polar surface area (TPSA) is 75.4 Å². The van der Waals surface area contributed by atoms with Crippen molar-refractivity contribution in [1.82, 2.24) is 5.16 Å². The molecule has 1 aromatic heterocycles. The minimum atomic E-state index is -4.35. The Bertz CT molecular complexity index is 1360. The molecule has 0 fully saturated rings. The molecule has 2 N–H and O–H groups in total. The zero-order chi connectivity index (χ0) is 26.6. The van der Waals surface area contributed by atoms with Crippen LogP contribution in [-0.4, -0.2) is 22.3 Å². The molecule has 5 nitrogen and oxygen atoms in total. The summed E-state index contributed by atoms with van der Waals surface area (Å²) in [6.07, 6.45) is -3.24. The normalized spacial score (nSPS) is 12.4. The van der Waals surface area contributed by atoms with E-state index in [0.29, 0.717) is 29.9 Å². The molecule has 37 heavy (non-hydrogen) atoms. The number of rotatable bonds is 9. The molecule has 4 rings (SSSR count). The molecule has 0 saturated carbocycles. The SMILES string of the molecule is Cc1noc(-c2ccc(-c3ccc(CC(=O)O)cc3)cc2)c1NC(C)CCc1cccc(C(F)(F)F)c1. The summed E-state index contributed by atoms with van der Waals surface area (Å²) in [7, 11) is 0. The minimum absolute atomic E-state index is 0.0157. The Morgan fingerprint density at radius 2 is 1.59 bits per heavy atom. The molecule has 0 amide bonds. The van der Waals surface area contributed by atoms with E-state index in [4.69, 9.17) is 9.63 Å². The predicted octanol–water partition coefficient (Wildman–Crippen LogP) is 7.40. The summed E-state index contributed by atoms with van der Waals surface area (Å²) < 4.78 is 44.6. The zero-order valence-electron chi connectivity index (χ0n) is 20.5. The number of nitrogens with one attached hydrogen (secondary N) is 1. The van der Waals surface area contributed by atoms with Crippen molar-refractivity contribution < 1.29 is 27.6 Å². The van der Waals surface area contributed by atoms with Crippen LogP contribution in [0, 0.1) is 6.92 Å². The third-order valence-corrected chi connectivity index (χ3v) is 6.16. The fourth-order valence-corrected chi connectivity index (χ4v) is 4.15. The van der Waals surface area contributed by atoms with Crippen LogP contribution in [0.2, 0.25) is 0 Å². The highest BCUT2D eigenvalue weighted by molar-refractivity contribution is 5.77. The highest BCUT2D eigenvalue weighted by Gasteiger charge is 2.30. The highest BCUT2D eigenvalue weighted by Crippen LogP contribution is 2.34. The van der Waals surface area contributed by atoms with Crippen molar-refractivity contribution in [2.45, 2.75) is 45.3 Å². The van der Waals surface area contributed by atoms with Gasteiger partial charge in [-0.15, -0.1) is 0 Å². The maximum absolute atomic E-state index is 13.0. The second-order valence-electron chi connectivity index (χ2n) is 9.10. The molecule has 3 aromatic carbocycles. The summed E-state index contributed by atoms with van der Waals surface area (Å²) in [5, 5.41) is 16.5. The second kappa shape index (κ2) is 10.9. The molecule has 0 aliphatic heterocycles. The largest absolute Gasteiger partial charge is 0.481 e. The number of alkyl halides is 3. The molecular weight excluding hydrogens is 481 g/mol. The van der Waals surface area contributed by atoms with Crippen LogP contribution in [-0.2, 0) is 23.8 Å². The number of anilines is 1. The van der Waals surface area contributed by atoms with Crippen LogP contribution in [0.25, 0.3) is 22.5 Å². The molecule has 1 atom stereocenters. The van der Waals surface area contributed by atoms with Crippen LogP contribution in [0.5, 0.6) is 0 Å². The molecule has 8 heteroatoms. The van der Waals surface area contributed by atoms with Crippen LogP contribution in [0.15, 0.2) is 77.3 Å². The first-order valence-electron chi connectivity index (χ1n) is 11.9. The molecular formula is C29H27F3N2O3. The number of hydrogen-bond acceptors (Lipinski definition) is 4. The van der Waals surface area contributed by atoms with Gasteiger partial charge in [0.2, 0.25) is 0 Å². The maximum Gasteiger partial charge on any atom is 0.416 e. The number of halogens is 3. The van der Waals surface area contributed by atoms with Gasteiger partial charge < -0.3 is 14.9 Å². The number of nitrogens with zero attached hydrogens (tertiary/aromatic N) is 1. The Morgan fingerprint density at radius 1 is 0.973 bits per heavy atom. The third-order valence-electron chi connectivity index (χ3n) is 6.16. The van der Waals surface area contributed by atoms with Crippen molar-refractivity contribution in [2.24, 2.45) is 0 Å². The Labute approximate surface area is 212 Å². The Balaban J connectivity index is 1.43. The summed E-state index contributed by atoms with van der Waals surface area (Å²) in [6, 6.07) is 20.6. The van der Waals surface area contributed by atoms with E-state index < -0.39 is 17.7 Å². The van der Waals surface area contributed by atoms with Gasteiger partial charge in [0.05, 0.1) is 12.0 Å². The number of aromatic nitrogens is 1. The fraction of sp³-hybridized carbons (Fsp3) is 0.241. The van der Waals surface area contributed by atoms with Crippen LogP contribution in [0.1, 0.15) is 35.7 Å². The summed E-state index contributed by atoms with van der Waals surface area (Å²) in [5.41, 5.74) is 4.96. The number of aliphatic carboxylic acids is 1. The number of hydrogen-bond donors (Lipinski definition) is 2. The quantitative estimate of drug-likeness (QED) is 0.246. The smallest absolute Gasteiger partial charge is 0.416 e.